The Bertz CT molecular complexity index is 1460. The third kappa shape index (κ3) is 4.64. The van der Waals surface area contributed by atoms with Crippen molar-refractivity contribution < 1.29 is 13.9 Å². The second-order valence-corrected chi connectivity index (χ2v) is 7.42. The van der Waals surface area contributed by atoms with E-state index < -0.39 is 5.82 Å². The summed E-state index contributed by atoms with van der Waals surface area (Å²) in [5, 5.41) is 19.2. The molecule has 0 aliphatic rings. The van der Waals surface area contributed by atoms with Crippen LogP contribution in [0.3, 0.4) is 0 Å². The normalized spacial score (nSPS) is 11.1. The van der Waals surface area contributed by atoms with Gasteiger partial charge in [-0.15, -0.1) is 0 Å². The van der Waals surface area contributed by atoms with Gasteiger partial charge in [-0.3, -0.25) is 0 Å². The Balaban J connectivity index is 1.65. The Hall–Kier alpha value is -4.33. The van der Waals surface area contributed by atoms with E-state index in [1.807, 2.05) is 6.07 Å². The molecule has 0 aliphatic carbocycles. The number of benzene rings is 3. The highest BCUT2D eigenvalue weighted by atomic mass is 35.5. The molecule has 6 nitrogen and oxygen atoms in total. The van der Waals surface area contributed by atoms with Gasteiger partial charge in [0, 0.05) is 5.56 Å². The highest BCUT2D eigenvalue weighted by Crippen LogP contribution is 2.38. The van der Waals surface area contributed by atoms with E-state index in [1.165, 1.54) is 25.3 Å². The number of nitrogens with zero attached hydrogens (tertiary/aromatic N) is 3. The maximum Gasteiger partial charge on any atom is 0.180 e. The number of halogens is 2. The van der Waals surface area contributed by atoms with Crippen LogP contribution in [0.25, 0.3) is 22.7 Å². The van der Waals surface area contributed by atoms with Crippen molar-refractivity contribution in [1.29, 1.82) is 10.5 Å². The lowest BCUT2D eigenvalue weighted by molar-refractivity contribution is 0.284. The molecule has 0 saturated heterocycles. The van der Waals surface area contributed by atoms with Gasteiger partial charge in [-0.2, -0.15) is 10.5 Å². The Morgan fingerprint density at radius 1 is 1.18 bits per heavy atom. The molecule has 0 radical (unpaired) electrons. The number of nitrogens with one attached hydrogen (secondary N) is 1. The Morgan fingerprint density at radius 2 is 2.00 bits per heavy atom. The molecule has 4 aromatic rings. The molecular weight excluding hydrogens is 443 g/mol. The van der Waals surface area contributed by atoms with Crippen molar-refractivity contribution >= 4 is 34.3 Å². The number of hydrogen-bond acceptors (Lipinski definition) is 5. The fraction of sp³-hybridized carbons (Fsp3) is 0.0800. The first kappa shape index (κ1) is 21.9. The average molecular weight is 459 g/mol. The topological polar surface area (TPSA) is 94.7 Å². The maximum atomic E-state index is 13.5. The lowest BCUT2D eigenvalue weighted by atomic mass is 10.1. The summed E-state index contributed by atoms with van der Waals surface area (Å²) in [4.78, 5) is 7.31. The van der Waals surface area contributed by atoms with Crippen molar-refractivity contribution in [2.75, 3.05) is 7.11 Å². The third-order valence-electron chi connectivity index (χ3n) is 4.89. The number of hydrogen-bond donors (Lipinski definition) is 1. The summed E-state index contributed by atoms with van der Waals surface area (Å²) in [6.45, 7) is 0.133. The second-order valence-electron chi connectivity index (χ2n) is 7.01. The van der Waals surface area contributed by atoms with Gasteiger partial charge in [-0.1, -0.05) is 29.8 Å². The van der Waals surface area contributed by atoms with Crippen LogP contribution in [0, 0.1) is 28.5 Å². The fourth-order valence-corrected chi connectivity index (χ4v) is 3.57. The van der Waals surface area contributed by atoms with Gasteiger partial charge in [0.25, 0.3) is 0 Å². The number of methoxy groups -OCH3 is 1. The van der Waals surface area contributed by atoms with E-state index in [0.29, 0.717) is 39.5 Å². The monoisotopic (exact) mass is 458 g/mol. The van der Waals surface area contributed by atoms with Crippen molar-refractivity contribution in [3.8, 4) is 23.6 Å². The summed E-state index contributed by atoms with van der Waals surface area (Å²) >= 11 is 6.46. The molecule has 0 spiro atoms. The summed E-state index contributed by atoms with van der Waals surface area (Å²) in [5.74, 6) is 0.597. The minimum absolute atomic E-state index is 0.133. The van der Waals surface area contributed by atoms with E-state index in [-0.39, 0.29) is 17.2 Å². The van der Waals surface area contributed by atoms with Gasteiger partial charge in [0.05, 0.1) is 40.4 Å². The van der Waals surface area contributed by atoms with Gasteiger partial charge in [0.2, 0.25) is 0 Å². The molecule has 0 unspecified atom stereocenters. The van der Waals surface area contributed by atoms with Crippen molar-refractivity contribution in [3.05, 3.63) is 88.0 Å². The average Bonchev–Trinajstić information content (AvgIpc) is 3.24. The van der Waals surface area contributed by atoms with E-state index in [1.54, 1.807) is 36.4 Å². The Labute approximate surface area is 194 Å². The fourth-order valence-electron chi connectivity index (χ4n) is 3.30. The molecule has 1 heterocycles. The van der Waals surface area contributed by atoms with Crippen LogP contribution >= 0.6 is 11.6 Å². The molecule has 0 aliphatic heterocycles. The molecule has 1 aromatic heterocycles. The summed E-state index contributed by atoms with van der Waals surface area (Å²) in [7, 11) is 1.48. The van der Waals surface area contributed by atoms with E-state index in [9.17, 15) is 14.9 Å². The van der Waals surface area contributed by atoms with Crippen LogP contribution in [0.2, 0.25) is 5.02 Å². The lowest BCUT2D eigenvalue weighted by Gasteiger charge is -2.14. The molecule has 0 atom stereocenters. The summed E-state index contributed by atoms with van der Waals surface area (Å²) in [6, 6.07) is 18.8. The zero-order chi connectivity index (χ0) is 23.4. The van der Waals surface area contributed by atoms with E-state index in [4.69, 9.17) is 21.1 Å². The van der Waals surface area contributed by atoms with E-state index in [0.717, 1.165) is 5.56 Å². The summed E-state index contributed by atoms with van der Waals surface area (Å²) in [5.41, 5.74) is 3.09. The van der Waals surface area contributed by atoms with Crippen LogP contribution < -0.4 is 9.47 Å². The molecule has 0 bridgehead atoms. The zero-order valence-electron chi connectivity index (χ0n) is 17.4. The quantitative estimate of drug-likeness (QED) is 0.364. The van der Waals surface area contributed by atoms with Crippen molar-refractivity contribution in [3.63, 3.8) is 0 Å². The van der Waals surface area contributed by atoms with E-state index in [2.05, 4.69) is 22.1 Å². The van der Waals surface area contributed by atoms with Crippen LogP contribution in [0.1, 0.15) is 22.5 Å². The first-order chi connectivity index (χ1) is 16.0. The standard InChI is InChI=1S/C25H16ClFN4O2/c1-32-23-10-15(8-18(13-29)25-30-21-7-6-19(27)11-22(21)31-25)9-20(26)24(23)33-14-17-5-3-2-4-16(17)12-28/h2-11H,14H2,1H3,(H,30,31)/b18-8-. The van der Waals surface area contributed by atoms with Crippen LogP contribution in [0.4, 0.5) is 4.39 Å². The molecule has 4 rings (SSSR count). The zero-order valence-corrected chi connectivity index (χ0v) is 18.2. The highest BCUT2D eigenvalue weighted by Gasteiger charge is 2.15. The molecule has 162 valence electrons. The number of ether oxygens (including phenoxy) is 2. The number of rotatable bonds is 6. The van der Waals surface area contributed by atoms with Gasteiger partial charge in [-0.25, -0.2) is 9.37 Å². The highest BCUT2D eigenvalue weighted by molar-refractivity contribution is 6.32. The van der Waals surface area contributed by atoms with Gasteiger partial charge >= 0.3 is 0 Å². The van der Waals surface area contributed by atoms with Gasteiger partial charge in [-0.05, 0) is 48.0 Å². The minimum atomic E-state index is -0.398. The minimum Gasteiger partial charge on any atom is -0.493 e. The number of imidazole rings is 1. The number of aromatic nitrogens is 2. The SMILES string of the molecule is COc1cc(/C=C(/C#N)c2nc3ccc(F)cc3[nH]2)cc(Cl)c1OCc1ccccc1C#N. The summed E-state index contributed by atoms with van der Waals surface area (Å²) in [6.07, 6.45) is 1.59. The molecule has 0 saturated carbocycles. The first-order valence-electron chi connectivity index (χ1n) is 9.78. The number of nitriles is 2. The van der Waals surface area contributed by atoms with Gasteiger partial charge < -0.3 is 14.5 Å². The molecule has 33 heavy (non-hydrogen) atoms. The lowest BCUT2D eigenvalue weighted by Crippen LogP contribution is -2.01. The second kappa shape index (κ2) is 9.44. The largest absolute Gasteiger partial charge is 0.493 e. The molecule has 8 heteroatoms. The predicted molar refractivity (Wildman–Crippen MR) is 123 cm³/mol. The Morgan fingerprint density at radius 3 is 2.76 bits per heavy atom. The van der Waals surface area contributed by atoms with E-state index >= 15 is 0 Å². The van der Waals surface area contributed by atoms with Crippen LogP contribution in [-0.2, 0) is 6.61 Å². The van der Waals surface area contributed by atoms with Crippen LogP contribution in [-0.4, -0.2) is 17.1 Å². The molecule has 3 aromatic carbocycles. The Kier molecular flexibility index (Phi) is 6.26. The number of fused-ring (bicyclic) bond motifs is 1. The first-order valence-corrected chi connectivity index (χ1v) is 10.2. The maximum absolute atomic E-state index is 13.5. The molecule has 0 amide bonds. The molecular formula is C25H16ClFN4O2. The smallest absolute Gasteiger partial charge is 0.180 e. The van der Waals surface area contributed by atoms with Crippen molar-refractivity contribution in [2.45, 2.75) is 6.61 Å². The predicted octanol–water partition coefficient (Wildman–Crippen LogP) is 5.88. The van der Waals surface area contributed by atoms with Crippen molar-refractivity contribution in [2.24, 2.45) is 0 Å². The van der Waals surface area contributed by atoms with Crippen LogP contribution in [0.5, 0.6) is 11.5 Å². The van der Waals surface area contributed by atoms with Gasteiger partial charge in [0.1, 0.15) is 24.3 Å². The number of H-pyrrole nitrogens is 1. The van der Waals surface area contributed by atoms with Crippen LogP contribution in [0.15, 0.2) is 54.6 Å². The molecule has 1 N–H and O–H groups in total. The third-order valence-corrected chi connectivity index (χ3v) is 5.17. The summed E-state index contributed by atoms with van der Waals surface area (Å²) < 4.78 is 24.8. The van der Waals surface area contributed by atoms with Gasteiger partial charge in [0.15, 0.2) is 11.5 Å². The number of aromatic amines is 1. The molecule has 0 fully saturated rings. The number of allylic oxidation sites excluding steroid dienone is 1. The van der Waals surface area contributed by atoms with Crippen molar-refractivity contribution in [1.82, 2.24) is 9.97 Å².